The average Bonchev–Trinajstić information content (AvgIpc) is 3.21. The monoisotopic (exact) mass is 330 g/mol. The van der Waals surface area contributed by atoms with E-state index in [1.807, 2.05) is 54.9 Å². The van der Waals surface area contributed by atoms with Gasteiger partial charge in [-0.15, -0.1) is 0 Å². The first-order valence-electron chi connectivity index (χ1n) is 5.83. The van der Waals surface area contributed by atoms with Gasteiger partial charge in [0.2, 0.25) is 0 Å². The van der Waals surface area contributed by atoms with E-state index in [4.69, 9.17) is 9.47 Å². The van der Waals surface area contributed by atoms with E-state index in [9.17, 15) is 0 Å². The van der Waals surface area contributed by atoms with Crippen molar-refractivity contribution in [3.8, 4) is 0 Å². The van der Waals surface area contributed by atoms with E-state index < -0.39 is 0 Å². The lowest BCUT2D eigenvalue weighted by molar-refractivity contribution is 0.431. The predicted molar refractivity (Wildman–Crippen MR) is 85.6 cm³/mol. The van der Waals surface area contributed by atoms with Crippen LogP contribution in [0.25, 0.3) is 0 Å². The zero-order valence-electron chi connectivity index (χ0n) is 10.1. The smallest absolute Gasteiger partial charge is 0.197 e. The third-order valence-corrected chi connectivity index (χ3v) is 10.4. The minimum atomic E-state index is -0.0177. The van der Waals surface area contributed by atoms with Crippen molar-refractivity contribution < 1.29 is 9.47 Å². The van der Waals surface area contributed by atoms with E-state index in [0.717, 1.165) is 13.2 Å². The molecule has 0 aromatic rings. The Balaban J connectivity index is 1.68. The molecule has 0 bridgehead atoms. The molecule has 100 valence electrons. The summed E-state index contributed by atoms with van der Waals surface area (Å²) in [5.74, 6) is 2.39. The van der Waals surface area contributed by atoms with Crippen LogP contribution in [0.5, 0.6) is 0 Å². The van der Waals surface area contributed by atoms with Crippen molar-refractivity contribution in [2.45, 2.75) is 35.2 Å². The van der Waals surface area contributed by atoms with Crippen molar-refractivity contribution in [1.29, 1.82) is 0 Å². The fourth-order valence-electron chi connectivity index (χ4n) is 1.03. The summed E-state index contributed by atoms with van der Waals surface area (Å²) in [4.78, 5) is 0. The summed E-state index contributed by atoms with van der Waals surface area (Å²) < 4.78 is 11.2. The average molecular weight is 331 g/mol. The van der Waals surface area contributed by atoms with Crippen molar-refractivity contribution >= 4 is 54.9 Å². The third-order valence-electron chi connectivity index (χ3n) is 2.02. The minimum Gasteiger partial charge on any atom is -0.347 e. The molecule has 2 aliphatic heterocycles. The lowest BCUT2D eigenvalue weighted by Crippen LogP contribution is -2.07. The lowest BCUT2D eigenvalue weighted by Gasteiger charge is -2.15. The Hall–Kier alpha value is 1.67. The second-order valence-corrected chi connectivity index (χ2v) is 11.3. The molecule has 0 radical (unpaired) electrons. The van der Waals surface area contributed by atoms with E-state index in [1.165, 1.54) is 24.3 Å². The van der Waals surface area contributed by atoms with Gasteiger partial charge < -0.3 is 9.47 Å². The maximum absolute atomic E-state index is 5.63. The van der Waals surface area contributed by atoms with E-state index in [-0.39, 0.29) is 8.53 Å². The Bertz CT molecular complexity index is 219. The van der Waals surface area contributed by atoms with Crippen LogP contribution in [0.1, 0.15) is 26.7 Å². The highest BCUT2D eigenvalue weighted by atomic mass is 33.1. The molecule has 2 fully saturated rings. The van der Waals surface area contributed by atoms with E-state index >= 15 is 0 Å². The number of ether oxygens (including phenoxy) is 2. The Morgan fingerprint density at radius 3 is 1.59 bits per heavy atom. The Labute approximate surface area is 124 Å². The van der Waals surface area contributed by atoms with Gasteiger partial charge in [-0.05, 0) is 34.4 Å². The number of epoxide rings is 2. The van der Waals surface area contributed by atoms with Crippen molar-refractivity contribution in [2.24, 2.45) is 0 Å². The summed E-state index contributed by atoms with van der Waals surface area (Å²) in [6.45, 7) is 6.15. The second-order valence-electron chi connectivity index (χ2n) is 3.86. The standard InChI is InChI=1S/C10H18O2S5/c1-3-5-13-16-9(7-11-9)15-10(8-12-10)17-14-6-4-2/h3-8H2,1-2H3. The maximum Gasteiger partial charge on any atom is 0.197 e. The van der Waals surface area contributed by atoms with Gasteiger partial charge in [-0.3, -0.25) is 0 Å². The van der Waals surface area contributed by atoms with Gasteiger partial charge in [0.05, 0.1) is 13.2 Å². The van der Waals surface area contributed by atoms with Gasteiger partial charge in [0.25, 0.3) is 0 Å². The Morgan fingerprint density at radius 2 is 1.29 bits per heavy atom. The Morgan fingerprint density at radius 1 is 0.882 bits per heavy atom. The second kappa shape index (κ2) is 6.90. The van der Waals surface area contributed by atoms with Crippen LogP contribution in [-0.2, 0) is 9.47 Å². The van der Waals surface area contributed by atoms with Crippen LogP contribution in [0.15, 0.2) is 0 Å². The maximum atomic E-state index is 5.63. The summed E-state index contributed by atoms with van der Waals surface area (Å²) in [5.41, 5.74) is 0. The van der Waals surface area contributed by atoms with Crippen LogP contribution in [0, 0.1) is 0 Å². The zero-order chi connectivity index (χ0) is 12.2. The summed E-state index contributed by atoms with van der Waals surface area (Å²) in [6, 6.07) is 0. The molecule has 7 heteroatoms. The van der Waals surface area contributed by atoms with Gasteiger partial charge in [0.15, 0.2) is 8.53 Å². The van der Waals surface area contributed by atoms with Gasteiger partial charge in [0.1, 0.15) is 0 Å². The molecule has 2 heterocycles. The van der Waals surface area contributed by atoms with E-state index in [2.05, 4.69) is 13.8 Å². The van der Waals surface area contributed by atoms with E-state index in [1.54, 1.807) is 0 Å². The van der Waals surface area contributed by atoms with Crippen molar-refractivity contribution in [3.05, 3.63) is 0 Å². The molecule has 0 N–H and O–H groups in total. The summed E-state index contributed by atoms with van der Waals surface area (Å²) in [6.07, 6.45) is 2.45. The fourth-order valence-corrected chi connectivity index (χ4v) is 8.90. The molecule has 0 amide bonds. The molecule has 2 aliphatic rings. The topological polar surface area (TPSA) is 25.1 Å². The summed E-state index contributed by atoms with van der Waals surface area (Å²) in [5, 5.41) is 0. The molecule has 2 atom stereocenters. The molecule has 0 aromatic heterocycles. The highest BCUT2D eigenvalue weighted by Gasteiger charge is 2.59. The first kappa shape index (κ1) is 15.1. The van der Waals surface area contributed by atoms with Gasteiger partial charge >= 0.3 is 0 Å². The zero-order valence-corrected chi connectivity index (χ0v) is 14.2. The van der Waals surface area contributed by atoms with Gasteiger partial charge in [-0.25, -0.2) is 0 Å². The van der Waals surface area contributed by atoms with Crippen LogP contribution in [-0.4, -0.2) is 33.2 Å². The SMILES string of the molecule is CCCSSC1(SC2(SSCCC)CO2)CO1. The summed E-state index contributed by atoms with van der Waals surface area (Å²) >= 11 is 1.87. The highest BCUT2D eigenvalue weighted by molar-refractivity contribution is 8.80. The van der Waals surface area contributed by atoms with Crippen molar-refractivity contribution in [3.63, 3.8) is 0 Å². The number of hydrogen-bond donors (Lipinski definition) is 0. The van der Waals surface area contributed by atoms with Gasteiger partial charge in [-0.2, -0.15) is 0 Å². The van der Waals surface area contributed by atoms with Crippen molar-refractivity contribution in [1.82, 2.24) is 0 Å². The lowest BCUT2D eigenvalue weighted by atomic mass is 10.6. The number of hydrogen-bond acceptors (Lipinski definition) is 7. The number of rotatable bonds is 10. The van der Waals surface area contributed by atoms with Crippen molar-refractivity contribution in [2.75, 3.05) is 24.7 Å². The largest absolute Gasteiger partial charge is 0.347 e. The van der Waals surface area contributed by atoms with Crippen LogP contribution >= 0.6 is 54.9 Å². The fraction of sp³-hybridized carbons (Fsp3) is 1.00. The molecule has 0 aliphatic carbocycles. The van der Waals surface area contributed by atoms with Crippen LogP contribution in [0.3, 0.4) is 0 Å². The van der Waals surface area contributed by atoms with Crippen LogP contribution in [0.2, 0.25) is 0 Å². The molecule has 0 aromatic carbocycles. The predicted octanol–water partition coefficient (Wildman–Crippen LogP) is 4.67. The number of thioether (sulfide) groups is 1. The molecule has 17 heavy (non-hydrogen) atoms. The van der Waals surface area contributed by atoms with Crippen LogP contribution in [0.4, 0.5) is 0 Å². The first-order valence-corrected chi connectivity index (χ1v) is 11.3. The van der Waals surface area contributed by atoms with Gasteiger partial charge in [0, 0.05) is 11.5 Å². The third kappa shape index (κ3) is 4.93. The molecule has 0 spiro atoms. The highest BCUT2D eigenvalue weighted by Crippen LogP contribution is 2.66. The normalized spacial score (nSPS) is 34.9. The molecule has 2 saturated heterocycles. The first-order chi connectivity index (χ1) is 8.24. The van der Waals surface area contributed by atoms with Gasteiger partial charge in [-0.1, -0.05) is 47.2 Å². The quantitative estimate of drug-likeness (QED) is 0.248. The van der Waals surface area contributed by atoms with E-state index in [0.29, 0.717) is 0 Å². The molecule has 2 rings (SSSR count). The molecular weight excluding hydrogens is 312 g/mol. The minimum absolute atomic E-state index is 0.0177. The summed E-state index contributed by atoms with van der Waals surface area (Å²) in [7, 11) is 7.59. The molecular formula is C10H18O2S5. The molecule has 2 nitrogen and oxygen atoms in total. The Kier molecular flexibility index (Phi) is 6.12. The molecule has 2 unspecified atom stereocenters. The van der Waals surface area contributed by atoms with Crippen LogP contribution < -0.4 is 0 Å². The molecule has 0 saturated carbocycles.